The van der Waals surface area contributed by atoms with Crippen LogP contribution in [0.3, 0.4) is 0 Å². The monoisotopic (exact) mass is 428 g/mol. The van der Waals surface area contributed by atoms with E-state index in [-0.39, 0.29) is 24.1 Å². The van der Waals surface area contributed by atoms with E-state index in [1.165, 1.54) is 4.57 Å². The Morgan fingerprint density at radius 3 is 2.34 bits per heavy atom. The smallest absolute Gasteiger partial charge is 0.269 e. The molecule has 0 spiro atoms. The van der Waals surface area contributed by atoms with Gasteiger partial charge in [0.2, 0.25) is 5.91 Å². The first kappa shape index (κ1) is 22.5. The van der Waals surface area contributed by atoms with Gasteiger partial charge >= 0.3 is 0 Å². The minimum Gasteiger partial charge on any atom is -0.346 e. The number of anilines is 1. The van der Waals surface area contributed by atoms with Crippen LogP contribution in [0.25, 0.3) is 0 Å². The van der Waals surface area contributed by atoms with Crippen LogP contribution < -0.4 is 16.2 Å². The highest BCUT2D eigenvalue weighted by Crippen LogP contribution is 2.14. The van der Waals surface area contributed by atoms with Crippen molar-refractivity contribution in [2.24, 2.45) is 0 Å². The Balaban J connectivity index is 1.65. The van der Waals surface area contributed by atoms with Crippen molar-refractivity contribution in [1.29, 1.82) is 5.26 Å². The fourth-order valence-electron chi connectivity index (χ4n) is 3.41. The number of nitrogens with one attached hydrogen (secondary N) is 2. The summed E-state index contributed by atoms with van der Waals surface area (Å²) >= 11 is 0. The molecule has 0 bridgehead atoms. The summed E-state index contributed by atoms with van der Waals surface area (Å²) in [5.41, 5.74) is 2.70. The van der Waals surface area contributed by atoms with E-state index in [1.807, 2.05) is 43.3 Å². The topological polar surface area (TPSA) is 104 Å². The number of carbonyl (C=O) groups excluding carboxylic acids is 2. The van der Waals surface area contributed by atoms with Crippen molar-refractivity contribution in [3.63, 3.8) is 0 Å². The maximum absolute atomic E-state index is 12.5. The van der Waals surface area contributed by atoms with E-state index in [0.717, 1.165) is 5.56 Å². The van der Waals surface area contributed by atoms with Crippen LogP contribution in [0.15, 0.2) is 65.5 Å². The lowest BCUT2D eigenvalue weighted by Crippen LogP contribution is -2.31. The third kappa shape index (κ3) is 5.10. The predicted molar refractivity (Wildman–Crippen MR) is 122 cm³/mol. The largest absolute Gasteiger partial charge is 0.346 e. The summed E-state index contributed by atoms with van der Waals surface area (Å²) in [7, 11) is 0. The molecule has 2 aromatic carbocycles. The first-order chi connectivity index (χ1) is 15.3. The molecule has 0 saturated carbocycles. The van der Waals surface area contributed by atoms with Gasteiger partial charge in [-0.05, 0) is 62.2 Å². The molecule has 1 atom stereocenters. The molecule has 1 aromatic heterocycles. The van der Waals surface area contributed by atoms with Gasteiger partial charge in [-0.25, -0.2) is 0 Å². The summed E-state index contributed by atoms with van der Waals surface area (Å²) in [6.07, 6.45) is 0. The molecular formula is C25H24N4O3. The van der Waals surface area contributed by atoms with Crippen LogP contribution in [-0.2, 0) is 11.3 Å². The van der Waals surface area contributed by atoms with Crippen LogP contribution in [0.2, 0.25) is 0 Å². The second-order valence-corrected chi connectivity index (χ2v) is 7.58. The minimum absolute atomic E-state index is 0.0310. The van der Waals surface area contributed by atoms with Crippen molar-refractivity contribution < 1.29 is 9.59 Å². The van der Waals surface area contributed by atoms with Gasteiger partial charge in [-0.2, -0.15) is 5.26 Å². The van der Waals surface area contributed by atoms with Crippen molar-refractivity contribution >= 4 is 17.5 Å². The van der Waals surface area contributed by atoms with Crippen LogP contribution >= 0.6 is 0 Å². The molecule has 7 nitrogen and oxygen atoms in total. The fraction of sp³-hybridized carbons (Fsp3) is 0.200. The number of pyridine rings is 1. The number of benzene rings is 2. The van der Waals surface area contributed by atoms with E-state index in [2.05, 4.69) is 10.6 Å². The van der Waals surface area contributed by atoms with Crippen LogP contribution in [0, 0.1) is 25.2 Å². The van der Waals surface area contributed by atoms with Gasteiger partial charge in [0.25, 0.3) is 11.5 Å². The second kappa shape index (κ2) is 9.75. The van der Waals surface area contributed by atoms with E-state index in [1.54, 1.807) is 44.2 Å². The van der Waals surface area contributed by atoms with Crippen LogP contribution in [-0.4, -0.2) is 16.4 Å². The molecule has 0 aliphatic rings. The zero-order valence-electron chi connectivity index (χ0n) is 18.2. The quantitative estimate of drug-likeness (QED) is 0.627. The van der Waals surface area contributed by atoms with Crippen LogP contribution in [0.1, 0.15) is 45.7 Å². The molecule has 3 aromatic rings. The van der Waals surface area contributed by atoms with E-state index < -0.39 is 11.5 Å². The highest BCUT2D eigenvalue weighted by atomic mass is 16.2. The number of rotatable bonds is 6. The second-order valence-electron chi connectivity index (χ2n) is 7.58. The number of hydrogen-bond acceptors (Lipinski definition) is 4. The number of amides is 2. The van der Waals surface area contributed by atoms with Gasteiger partial charge in [0.05, 0.1) is 6.04 Å². The molecule has 0 aliphatic carbocycles. The number of aromatic nitrogens is 1. The molecule has 32 heavy (non-hydrogen) atoms. The average Bonchev–Trinajstić information content (AvgIpc) is 2.78. The summed E-state index contributed by atoms with van der Waals surface area (Å²) < 4.78 is 1.27. The molecule has 162 valence electrons. The third-order valence-corrected chi connectivity index (χ3v) is 5.20. The lowest BCUT2D eigenvalue weighted by molar-refractivity contribution is -0.116. The van der Waals surface area contributed by atoms with Gasteiger partial charge in [0.1, 0.15) is 18.2 Å². The number of nitrogens with zero attached hydrogens (tertiary/aromatic N) is 2. The van der Waals surface area contributed by atoms with Gasteiger partial charge in [-0.3, -0.25) is 14.4 Å². The normalized spacial score (nSPS) is 11.3. The molecule has 0 radical (unpaired) electrons. The summed E-state index contributed by atoms with van der Waals surface area (Å²) in [4.78, 5) is 37.4. The molecule has 1 heterocycles. The predicted octanol–water partition coefficient (Wildman–Crippen LogP) is 3.47. The number of hydrogen-bond donors (Lipinski definition) is 2. The number of aryl methyl sites for hydroxylation is 2. The van der Waals surface area contributed by atoms with Gasteiger partial charge in [-0.15, -0.1) is 0 Å². The van der Waals surface area contributed by atoms with Gasteiger partial charge in [0.15, 0.2) is 0 Å². The van der Waals surface area contributed by atoms with Crippen molar-refractivity contribution in [3.05, 3.63) is 99.0 Å². The van der Waals surface area contributed by atoms with Crippen LogP contribution in [0.5, 0.6) is 0 Å². The molecule has 0 unspecified atom stereocenters. The SMILES string of the molecule is Cc1cc(C)n(CC(=O)Nc2ccc(C(=O)N[C@@H](C)c3ccccc3)cc2)c(=O)c1C#N. The first-order valence-electron chi connectivity index (χ1n) is 10.2. The molecule has 2 N–H and O–H groups in total. The van der Waals surface area contributed by atoms with Crippen LogP contribution in [0.4, 0.5) is 5.69 Å². The zero-order chi connectivity index (χ0) is 23.3. The van der Waals surface area contributed by atoms with Gasteiger partial charge in [-0.1, -0.05) is 30.3 Å². The maximum Gasteiger partial charge on any atom is 0.269 e. The highest BCUT2D eigenvalue weighted by molar-refractivity contribution is 5.96. The summed E-state index contributed by atoms with van der Waals surface area (Å²) in [6, 6.07) is 19.6. The number of nitriles is 1. The van der Waals surface area contributed by atoms with Crippen molar-refractivity contribution in [2.45, 2.75) is 33.4 Å². The summed E-state index contributed by atoms with van der Waals surface area (Å²) in [5, 5.41) is 14.8. The molecule has 0 fully saturated rings. The Morgan fingerprint density at radius 1 is 1.06 bits per heavy atom. The molecule has 0 aliphatic heterocycles. The van der Waals surface area contributed by atoms with Gasteiger partial charge < -0.3 is 15.2 Å². The Bertz CT molecular complexity index is 1240. The number of carbonyl (C=O) groups is 2. The third-order valence-electron chi connectivity index (χ3n) is 5.20. The first-order valence-corrected chi connectivity index (χ1v) is 10.2. The minimum atomic E-state index is -0.486. The highest BCUT2D eigenvalue weighted by Gasteiger charge is 2.14. The van der Waals surface area contributed by atoms with E-state index in [4.69, 9.17) is 0 Å². The van der Waals surface area contributed by atoms with E-state index >= 15 is 0 Å². The zero-order valence-corrected chi connectivity index (χ0v) is 18.2. The maximum atomic E-state index is 12.5. The average molecular weight is 428 g/mol. The lowest BCUT2D eigenvalue weighted by Gasteiger charge is -2.15. The summed E-state index contributed by atoms with van der Waals surface area (Å²) in [5.74, 6) is -0.622. The molecule has 2 amide bonds. The molecule has 3 rings (SSSR count). The summed E-state index contributed by atoms with van der Waals surface area (Å²) in [6.45, 7) is 5.10. The standard InChI is InChI=1S/C25H24N4O3/c1-16-13-17(2)29(25(32)22(16)14-26)15-23(30)28-21-11-9-20(10-12-21)24(31)27-18(3)19-7-5-4-6-8-19/h4-13,18H,15H2,1-3H3,(H,27,31)(H,28,30)/t18-/m0/s1. The van der Waals surface area contributed by atoms with Crippen molar-refractivity contribution in [3.8, 4) is 6.07 Å². The Hall–Kier alpha value is -4.18. The van der Waals surface area contributed by atoms with Gasteiger partial charge in [0, 0.05) is 16.9 Å². The molecular weight excluding hydrogens is 404 g/mol. The Kier molecular flexibility index (Phi) is 6.86. The van der Waals surface area contributed by atoms with E-state index in [0.29, 0.717) is 22.5 Å². The van der Waals surface area contributed by atoms with Crippen molar-refractivity contribution in [1.82, 2.24) is 9.88 Å². The fourth-order valence-corrected chi connectivity index (χ4v) is 3.41. The van der Waals surface area contributed by atoms with Crippen molar-refractivity contribution in [2.75, 3.05) is 5.32 Å². The molecule has 7 heteroatoms. The Morgan fingerprint density at radius 2 is 1.72 bits per heavy atom. The lowest BCUT2D eigenvalue weighted by atomic mass is 10.1. The Labute approximate surface area is 186 Å². The molecule has 0 saturated heterocycles. The van der Waals surface area contributed by atoms with E-state index in [9.17, 15) is 19.6 Å².